The molecule has 2 heterocycles. The van der Waals surface area contributed by atoms with E-state index in [0.717, 1.165) is 5.39 Å². The zero-order chi connectivity index (χ0) is 14.1. The van der Waals surface area contributed by atoms with Gasteiger partial charge in [0.25, 0.3) is 5.91 Å². The summed E-state index contributed by atoms with van der Waals surface area (Å²) < 4.78 is 0. The number of halogens is 1. The van der Waals surface area contributed by atoms with E-state index in [0.29, 0.717) is 26.8 Å². The Balaban J connectivity index is 2.02. The maximum Gasteiger partial charge on any atom is 0.267 e. The second kappa shape index (κ2) is 5.11. The Bertz CT molecular complexity index is 800. The fraction of sp³-hybridized carbons (Fsp3) is 0. The van der Waals surface area contributed by atoms with Gasteiger partial charge in [0, 0.05) is 11.6 Å². The number of nitrogens with zero attached hydrogens (tertiary/aromatic N) is 1. The van der Waals surface area contributed by atoms with Gasteiger partial charge in [-0.2, -0.15) is 0 Å². The molecule has 0 aliphatic rings. The van der Waals surface area contributed by atoms with Crippen LogP contribution in [0.25, 0.3) is 10.9 Å². The second-order valence-corrected chi connectivity index (χ2v) is 5.48. The van der Waals surface area contributed by atoms with Crippen LogP contribution in [-0.4, -0.2) is 10.9 Å². The number of hydrogen-bond donors (Lipinski definition) is 2. The molecule has 0 unspecified atom stereocenters. The highest BCUT2D eigenvalue weighted by molar-refractivity contribution is 7.12. The van der Waals surface area contributed by atoms with Crippen molar-refractivity contribution in [3.63, 3.8) is 0 Å². The van der Waals surface area contributed by atoms with E-state index in [-0.39, 0.29) is 5.91 Å². The molecule has 6 heteroatoms. The molecule has 4 nitrogen and oxygen atoms in total. The number of carbonyl (C=O) groups excluding carboxylic acids is 1. The molecular formula is C14H10ClN3OS. The monoisotopic (exact) mass is 303 g/mol. The molecule has 1 aromatic carbocycles. The van der Waals surface area contributed by atoms with Gasteiger partial charge in [-0.3, -0.25) is 9.78 Å². The van der Waals surface area contributed by atoms with Crippen molar-refractivity contribution in [1.29, 1.82) is 0 Å². The third-order valence-electron chi connectivity index (χ3n) is 2.87. The third-order valence-corrected chi connectivity index (χ3v) is 4.13. The summed E-state index contributed by atoms with van der Waals surface area (Å²) in [5, 5.41) is 6.00. The summed E-state index contributed by atoms with van der Waals surface area (Å²) in [6.45, 7) is 0. The number of anilines is 2. The van der Waals surface area contributed by atoms with Crippen molar-refractivity contribution >= 4 is 51.1 Å². The highest BCUT2D eigenvalue weighted by Crippen LogP contribution is 2.29. The Morgan fingerprint density at radius 3 is 2.90 bits per heavy atom. The van der Waals surface area contributed by atoms with Gasteiger partial charge in [0.2, 0.25) is 0 Å². The van der Waals surface area contributed by atoms with Crippen molar-refractivity contribution in [2.45, 2.75) is 0 Å². The first-order valence-corrected chi connectivity index (χ1v) is 7.10. The number of benzene rings is 1. The summed E-state index contributed by atoms with van der Waals surface area (Å²) >= 11 is 7.42. The minimum absolute atomic E-state index is 0.244. The number of amides is 1. The summed E-state index contributed by atoms with van der Waals surface area (Å²) in [5.41, 5.74) is 7.49. The second-order valence-electron chi connectivity index (χ2n) is 4.15. The molecule has 0 atom stereocenters. The summed E-state index contributed by atoms with van der Waals surface area (Å²) in [5.74, 6) is -0.244. The van der Waals surface area contributed by atoms with E-state index in [1.807, 2.05) is 6.07 Å². The van der Waals surface area contributed by atoms with Crippen LogP contribution in [0.3, 0.4) is 0 Å². The molecule has 100 valence electrons. The quantitative estimate of drug-likeness (QED) is 0.757. The predicted octanol–water partition coefficient (Wildman–Crippen LogP) is 3.78. The standard InChI is InChI=1S/C14H10ClN3OS/c15-9-3-4-11(12-8(9)2-1-6-17-12)18-14(19)13-10(16)5-7-20-13/h1-7H,16H2,(H,18,19). The van der Waals surface area contributed by atoms with Gasteiger partial charge in [-0.25, -0.2) is 0 Å². The van der Waals surface area contributed by atoms with E-state index in [1.54, 1.807) is 35.8 Å². The van der Waals surface area contributed by atoms with Crippen LogP contribution < -0.4 is 11.1 Å². The van der Waals surface area contributed by atoms with E-state index in [4.69, 9.17) is 17.3 Å². The van der Waals surface area contributed by atoms with Crippen molar-refractivity contribution < 1.29 is 4.79 Å². The first-order chi connectivity index (χ1) is 9.66. The highest BCUT2D eigenvalue weighted by atomic mass is 35.5. The molecule has 0 saturated heterocycles. The van der Waals surface area contributed by atoms with Gasteiger partial charge in [-0.15, -0.1) is 11.3 Å². The molecule has 0 radical (unpaired) electrons. The zero-order valence-electron chi connectivity index (χ0n) is 10.3. The SMILES string of the molecule is Nc1ccsc1C(=O)Nc1ccc(Cl)c2cccnc12. The first-order valence-electron chi connectivity index (χ1n) is 5.84. The number of nitrogens with one attached hydrogen (secondary N) is 1. The molecular weight excluding hydrogens is 294 g/mol. The van der Waals surface area contributed by atoms with Crippen molar-refractivity contribution in [3.8, 4) is 0 Å². The van der Waals surface area contributed by atoms with Crippen LogP contribution >= 0.6 is 22.9 Å². The molecule has 0 fully saturated rings. The molecule has 3 aromatic rings. The van der Waals surface area contributed by atoms with Crippen LogP contribution in [0.2, 0.25) is 5.02 Å². The van der Waals surface area contributed by atoms with E-state index in [1.165, 1.54) is 11.3 Å². The van der Waals surface area contributed by atoms with Gasteiger partial charge in [-0.05, 0) is 35.7 Å². The predicted molar refractivity (Wildman–Crippen MR) is 83.4 cm³/mol. The third kappa shape index (κ3) is 2.21. The number of pyridine rings is 1. The molecule has 3 rings (SSSR count). The fourth-order valence-corrected chi connectivity index (χ4v) is 2.85. The van der Waals surface area contributed by atoms with E-state index >= 15 is 0 Å². The Morgan fingerprint density at radius 1 is 1.30 bits per heavy atom. The fourth-order valence-electron chi connectivity index (χ4n) is 1.92. The smallest absolute Gasteiger partial charge is 0.267 e. The number of nitrogen functional groups attached to an aromatic ring is 1. The lowest BCUT2D eigenvalue weighted by atomic mass is 10.2. The lowest BCUT2D eigenvalue weighted by Gasteiger charge is -2.08. The van der Waals surface area contributed by atoms with E-state index in [2.05, 4.69) is 10.3 Å². The minimum Gasteiger partial charge on any atom is -0.397 e. The number of fused-ring (bicyclic) bond motifs is 1. The van der Waals surface area contributed by atoms with Gasteiger partial charge in [0.1, 0.15) is 4.88 Å². The Morgan fingerprint density at radius 2 is 2.15 bits per heavy atom. The number of aromatic nitrogens is 1. The number of rotatable bonds is 2. The molecule has 0 aliphatic heterocycles. The lowest BCUT2D eigenvalue weighted by Crippen LogP contribution is -2.12. The number of carbonyl (C=O) groups is 1. The Hall–Kier alpha value is -2.11. The first kappa shape index (κ1) is 12.9. The molecule has 0 bridgehead atoms. The van der Waals surface area contributed by atoms with Gasteiger partial charge < -0.3 is 11.1 Å². The molecule has 0 saturated carbocycles. The normalized spacial score (nSPS) is 10.7. The van der Waals surface area contributed by atoms with Gasteiger partial charge in [0.05, 0.1) is 21.9 Å². The van der Waals surface area contributed by atoms with E-state index in [9.17, 15) is 4.79 Å². The van der Waals surface area contributed by atoms with Crippen molar-refractivity contribution in [2.24, 2.45) is 0 Å². The van der Waals surface area contributed by atoms with Crippen LogP contribution in [0, 0.1) is 0 Å². The number of hydrogen-bond acceptors (Lipinski definition) is 4. The molecule has 3 N–H and O–H groups in total. The number of thiophene rings is 1. The van der Waals surface area contributed by atoms with Gasteiger partial charge in [-0.1, -0.05) is 11.6 Å². The van der Waals surface area contributed by atoms with Crippen LogP contribution in [0.15, 0.2) is 41.9 Å². The minimum atomic E-state index is -0.244. The number of nitrogens with two attached hydrogens (primary N) is 1. The zero-order valence-corrected chi connectivity index (χ0v) is 11.8. The van der Waals surface area contributed by atoms with Crippen molar-refractivity contribution in [2.75, 3.05) is 11.1 Å². The molecule has 2 aromatic heterocycles. The highest BCUT2D eigenvalue weighted by Gasteiger charge is 2.13. The van der Waals surface area contributed by atoms with Crippen LogP contribution in [0.1, 0.15) is 9.67 Å². The van der Waals surface area contributed by atoms with Gasteiger partial charge >= 0.3 is 0 Å². The molecule has 1 amide bonds. The maximum absolute atomic E-state index is 12.2. The summed E-state index contributed by atoms with van der Waals surface area (Å²) in [4.78, 5) is 16.9. The topological polar surface area (TPSA) is 68.0 Å². The van der Waals surface area contributed by atoms with Gasteiger partial charge in [0.15, 0.2) is 0 Å². The van der Waals surface area contributed by atoms with Crippen LogP contribution in [0.4, 0.5) is 11.4 Å². The van der Waals surface area contributed by atoms with Crippen LogP contribution in [-0.2, 0) is 0 Å². The average molecular weight is 304 g/mol. The average Bonchev–Trinajstić information content (AvgIpc) is 2.88. The lowest BCUT2D eigenvalue weighted by molar-refractivity contribution is 0.103. The maximum atomic E-state index is 12.2. The van der Waals surface area contributed by atoms with E-state index < -0.39 is 0 Å². The molecule has 20 heavy (non-hydrogen) atoms. The summed E-state index contributed by atoms with van der Waals surface area (Å²) in [6, 6.07) is 8.84. The van der Waals surface area contributed by atoms with Crippen molar-refractivity contribution in [3.05, 3.63) is 51.8 Å². The Kier molecular flexibility index (Phi) is 3.30. The summed E-state index contributed by atoms with van der Waals surface area (Å²) in [7, 11) is 0. The Labute approximate surface area is 124 Å². The largest absolute Gasteiger partial charge is 0.397 e. The molecule has 0 aliphatic carbocycles. The van der Waals surface area contributed by atoms with Crippen molar-refractivity contribution in [1.82, 2.24) is 4.98 Å². The molecule has 0 spiro atoms. The van der Waals surface area contributed by atoms with Crippen LogP contribution in [0.5, 0.6) is 0 Å². The summed E-state index contributed by atoms with van der Waals surface area (Å²) in [6.07, 6.45) is 1.66.